The van der Waals surface area contributed by atoms with Crippen LogP contribution in [0, 0.1) is 11.3 Å². The fraction of sp³-hybridized carbons (Fsp3) is 0.0857. The number of rotatable bonds is 2. The molecular weight excluding hydrogens is 494 g/mol. The van der Waals surface area contributed by atoms with E-state index < -0.39 is 0 Å². The molecule has 0 fully saturated rings. The molecule has 4 heteroatoms. The highest BCUT2D eigenvalue weighted by Gasteiger charge is 2.35. The Hall–Kier alpha value is -4.72. The smallest absolute Gasteiger partial charge is 0.139 e. The fourth-order valence-corrected chi connectivity index (χ4v) is 7.31. The van der Waals surface area contributed by atoms with Gasteiger partial charge < -0.3 is 0 Å². The maximum absolute atomic E-state index is 9.41. The second-order valence-corrected chi connectivity index (χ2v) is 11.9. The minimum Gasteiger partial charge on any atom is -0.291 e. The third-order valence-corrected chi connectivity index (χ3v) is 9.45. The van der Waals surface area contributed by atoms with Gasteiger partial charge >= 0.3 is 0 Å². The second kappa shape index (κ2) is 7.89. The van der Waals surface area contributed by atoms with Gasteiger partial charge in [0.15, 0.2) is 0 Å². The summed E-state index contributed by atoms with van der Waals surface area (Å²) in [6.07, 6.45) is 2.14. The van der Waals surface area contributed by atoms with Crippen molar-refractivity contribution in [3.05, 3.63) is 120 Å². The van der Waals surface area contributed by atoms with E-state index in [4.69, 9.17) is 4.98 Å². The molecule has 0 aliphatic heterocycles. The Morgan fingerprint density at radius 1 is 0.744 bits per heavy atom. The molecule has 0 radical (unpaired) electrons. The van der Waals surface area contributed by atoms with Crippen LogP contribution in [0.3, 0.4) is 0 Å². The Bertz CT molecular complexity index is 2150. The van der Waals surface area contributed by atoms with Crippen LogP contribution in [0.2, 0.25) is 0 Å². The molecule has 184 valence electrons. The molecule has 0 saturated carbocycles. The van der Waals surface area contributed by atoms with Crippen LogP contribution in [-0.4, -0.2) is 9.38 Å². The zero-order chi connectivity index (χ0) is 26.3. The number of thiophene rings is 1. The molecule has 0 unspecified atom stereocenters. The van der Waals surface area contributed by atoms with Crippen molar-refractivity contribution in [2.45, 2.75) is 19.3 Å². The first kappa shape index (κ1) is 22.3. The average molecular weight is 518 g/mol. The van der Waals surface area contributed by atoms with E-state index in [-0.39, 0.29) is 5.41 Å². The second-order valence-electron chi connectivity index (χ2n) is 10.8. The Labute approximate surface area is 230 Å². The monoisotopic (exact) mass is 517 g/mol. The molecule has 1 aliphatic carbocycles. The summed E-state index contributed by atoms with van der Waals surface area (Å²) >= 11 is 1.79. The third-order valence-electron chi connectivity index (χ3n) is 8.29. The maximum Gasteiger partial charge on any atom is 0.139 e. The summed E-state index contributed by atoms with van der Waals surface area (Å²) < 4.78 is 3.47. The molecule has 0 saturated heterocycles. The Morgan fingerprint density at radius 2 is 1.41 bits per heavy atom. The predicted octanol–water partition coefficient (Wildman–Crippen LogP) is 9.21. The topological polar surface area (TPSA) is 41.1 Å². The molecule has 8 rings (SSSR count). The van der Waals surface area contributed by atoms with Gasteiger partial charge in [-0.05, 0) is 80.9 Å². The van der Waals surface area contributed by atoms with Gasteiger partial charge in [0.2, 0.25) is 0 Å². The van der Waals surface area contributed by atoms with Gasteiger partial charge in [-0.2, -0.15) is 5.26 Å². The van der Waals surface area contributed by atoms with Crippen molar-refractivity contribution in [1.82, 2.24) is 9.38 Å². The van der Waals surface area contributed by atoms with Crippen LogP contribution < -0.4 is 0 Å². The lowest BCUT2D eigenvalue weighted by molar-refractivity contribution is 0.660. The SMILES string of the molecule is CC1(C)c2cc(C#N)ccc2-c2ccc(-c3ccc(-c4ccn5c(c4)nc4c6ccccc6sc45)cc3)cc21. The number of aromatic nitrogens is 2. The number of nitrogens with zero attached hydrogens (tertiary/aromatic N) is 3. The summed E-state index contributed by atoms with van der Waals surface area (Å²) in [7, 11) is 0. The van der Waals surface area contributed by atoms with E-state index in [1.165, 1.54) is 53.9 Å². The first-order valence-corrected chi connectivity index (χ1v) is 13.9. The van der Waals surface area contributed by atoms with Gasteiger partial charge in [-0.1, -0.05) is 74.5 Å². The number of hydrogen-bond donors (Lipinski definition) is 0. The van der Waals surface area contributed by atoms with Gasteiger partial charge in [0.25, 0.3) is 0 Å². The quantitative estimate of drug-likeness (QED) is 0.229. The predicted molar refractivity (Wildman–Crippen MR) is 161 cm³/mol. The van der Waals surface area contributed by atoms with Gasteiger partial charge in [0.05, 0.1) is 11.6 Å². The maximum atomic E-state index is 9.41. The zero-order valence-corrected chi connectivity index (χ0v) is 22.4. The number of benzene rings is 4. The first-order valence-electron chi connectivity index (χ1n) is 13.1. The molecule has 3 nitrogen and oxygen atoms in total. The van der Waals surface area contributed by atoms with Gasteiger partial charge in [-0.25, -0.2) is 4.98 Å². The van der Waals surface area contributed by atoms with Crippen molar-refractivity contribution >= 4 is 37.4 Å². The summed E-state index contributed by atoms with van der Waals surface area (Å²) in [6.45, 7) is 4.51. The van der Waals surface area contributed by atoms with E-state index in [2.05, 4.69) is 115 Å². The zero-order valence-electron chi connectivity index (χ0n) is 21.6. The molecule has 1 aliphatic rings. The summed E-state index contributed by atoms with van der Waals surface area (Å²) in [6, 6.07) is 36.8. The van der Waals surface area contributed by atoms with Crippen LogP contribution in [0.15, 0.2) is 103 Å². The van der Waals surface area contributed by atoms with Crippen LogP contribution in [-0.2, 0) is 5.41 Å². The molecule has 7 aromatic rings. The van der Waals surface area contributed by atoms with Gasteiger partial charge in [-0.15, -0.1) is 11.3 Å². The molecule has 3 aromatic heterocycles. The fourth-order valence-electron chi connectivity index (χ4n) is 6.17. The molecule has 0 bridgehead atoms. The number of imidazole rings is 1. The molecule has 0 atom stereocenters. The molecule has 3 heterocycles. The van der Waals surface area contributed by atoms with Gasteiger partial charge in [0, 0.05) is 21.7 Å². The molecule has 39 heavy (non-hydrogen) atoms. The Morgan fingerprint density at radius 3 is 2.18 bits per heavy atom. The highest BCUT2D eigenvalue weighted by molar-refractivity contribution is 7.25. The number of nitriles is 1. The number of hydrogen-bond acceptors (Lipinski definition) is 3. The van der Waals surface area contributed by atoms with E-state index in [1.54, 1.807) is 11.3 Å². The number of pyridine rings is 1. The summed E-state index contributed by atoms with van der Waals surface area (Å²) in [5, 5.41) is 10.6. The van der Waals surface area contributed by atoms with E-state index in [0.717, 1.165) is 16.7 Å². The van der Waals surface area contributed by atoms with Gasteiger partial charge in [0.1, 0.15) is 16.0 Å². The van der Waals surface area contributed by atoms with Crippen LogP contribution >= 0.6 is 11.3 Å². The lowest BCUT2D eigenvalue weighted by atomic mass is 9.81. The van der Waals surface area contributed by atoms with Crippen molar-refractivity contribution in [2.75, 3.05) is 0 Å². The van der Waals surface area contributed by atoms with E-state index >= 15 is 0 Å². The molecule has 0 amide bonds. The van der Waals surface area contributed by atoms with E-state index in [0.29, 0.717) is 5.56 Å². The van der Waals surface area contributed by atoms with Crippen molar-refractivity contribution in [2.24, 2.45) is 0 Å². The van der Waals surface area contributed by atoms with Crippen LogP contribution in [0.4, 0.5) is 0 Å². The minimum absolute atomic E-state index is 0.147. The summed E-state index contributed by atoms with van der Waals surface area (Å²) in [4.78, 5) is 6.18. The standard InChI is InChI=1S/C35H23N3S/c1-35(2)29-17-21(20-36)7-13-26(29)27-14-12-24(18-30(27)35)22-8-10-23(11-9-22)25-15-16-38-32(19-25)37-33-28-5-3-4-6-31(28)39-34(33)38/h3-19H,1-2H3. The Kier molecular flexibility index (Phi) is 4.51. The third kappa shape index (κ3) is 3.17. The first-order chi connectivity index (χ1) is 19.0. The minimum atomic E-state index is -0.147. The van der Waals surface area contributed by atoms with Crippen LogP contribution in [0.25, 0.3) is 59.5 Å². The van der Waals surface area contributed by atoms with Crippen molar-refractivity contribution in [1.29, 1.82) is 5.26 Å². The highest BCUT2D eigenvalue weighted by atomic mass is 32.1. The van der Waals surface area contributed by atoms with Crippen LogP contribution in [0.1, 0.15) is 30.5 Å². The molecule has 4 aromatic carbocycles. The lowest BCUT2D eigenvalue weighted by Crippen LogP contribution is -2.15. The van der Waals surface area contributed by atoms with Crippen molar-refractivity contribution in [3.8, 4) is 39.4 Å². The van der Waals surface area contributed by atoms with Crippen molar-refractivity contribution in [3.63, 3.8) is 0 Å². The lowest BCUT2D eigenvalue weighted by Gasteiger charge is -2.22. The molecule has 0 spiro atoms. The van der Waals surface area contributed by atoms with Gasteiger partial charge in [-0.3, -0.25) is 4.40 Å². The molecule has 0 N–H and O–H groups in total. The van der Waals surface area contributed by atoms with Crippen molar-refractivity contribution < 1.29 is 0 Å². The largest absolute Gasteiger partial charge is 0.291 e. The van der Waals surface area contributed by atoms with E-state index in [9.17, 15) is 5.26 Å². The van der Waals surface area contributed by atoms with E-state index in [1.807, 2.05) is 12.1 Å². The highest BCUT2D eigenvalue weighted by Crippen LogP contribution is 2.50. The normalized spacial score (nSPS) is 13.6. The van der Waals surface area contributed by atoms with Crippen LogP contribution in [0.5, 0.6) is 0 Å². The Balaban J connectivity index is 1.15. The summed E-state index contributed by atoms with van der Waals surface area (Å²) in [5.41, 5.74) is 12.4. The average Bonchev–Trinajstić information content (AvgIpc) is 3.59. The summed E-state index contributed by atoms with van der Waals surface area (Å²) in [5.74, 6) is 0. The molecular formula is C35H23N3S. The number of fused-ring (bicyclic) bond motifs is 8.